The van der Waals surface area contributed by atoms with Crippen molar-refractivity contribution >= 4 is 11.8 Å². The maximum absolute atomic E-state index is 13.0. The van der Waals surface area contributed by atoms with Crippen molar-refractivity contribution < 1.29 is 18.7 Å². The first kappa shape index (κ1) is 21.8. The summed E-state index contributed by atoms with van der Waals surface area (Å²) in [6.45, 7) is 0.189. The Bertz CT molecular complexity index is 1110. The van der Waals surface area contributed by atoms with E-state index in [4.69, 9.17) is 4.74 Å². The van der Waals surface area contributed by atoms with Crippen molar-refractivity contribution in [1.82, 2.24) is 15.4 Å². The minimum Gasteiger partial charge on any atom is -0.497 e. The van der Waals surface area contributed by atoms with Gasteiger partial charge in [0.2, 0.25) is 5.91 Å². The number of ether oxygens (including phenoxy) is 1. The standard InChI is InChI=1S/C23H22FN3O4/c1-31-19-11-6-16(7-12-19)8-13-21(28)25-26-22(29)20-3-2-14-27(23(20)30)15-17-4-9-18(24)10-5-17/h2-7,9-12,14H,8,13,15H2,1H3,(H,25,28)(H,26,29). The number of nitrogens with zero attached hydrogens (tertiary/aromatic N) is 1. The van der Waals surface area contributed by atoms with Gasteiger partial charge in [0.15, 0.2) is 0 Å². The van der Waals surface area contributed by atoms with Crippen molar-refractivity contribution in [3.05, 3.63) is 99.7 Å². The second kappa shape index (κ2) is 10.2. The van der Waals surface area contributed by atoms with Gasteiger partial charge in [0.25, 0.3) is 11.5 Å². The number of rotatable bonds is 7. The molecule has 0 fully saturated rings. The molecule has 31 heavy (non-hydrogen) atoms. The zero-order valence-electron chi connectivity index (χ0n) is 16.9. The number of carbonyl (C=O) groups is 2. The van der Waals surface area contributed by atoms with Gasteiger partial charge >= 0.3 is 0 Å². The first-order valence-corrected chi connectivity index (χ1v) is 9.62. The summed E-state index contributed by atoms with van der Waals surface area (Å²) in [5.74, 6) is -0.733. The average molecular weight is 423 g/mol. The van der Waals surface area contributed by atoms with Gasteiger partial charge < -0.3 is 9.30 Å². The number of carbonyl (C=O) groups excluding carboxylic acids is 2. The fourth-order valence-electron chi connectivity index (χ4n) is 2.93. The summed E-state index contributed by atoms with van der Waals surface area (Å²) in [5.41, 5.74) is 5.64. The van der Waals surface area contributed by atoms with Gasteiger partial charge in [-0.2, -0.15) is 0 Å². The molecule has 160 valence electrons. The number of hydrogen-bond acceptors (Lipinski definition) is 4. The van der Waals surface area contributed by atoms with E-state index in [9.17, 15) is 18.8 Å². The van der Waals surface area contributed by atoms with Gasteiger partial charge in [0.1, 0.15) is 17.1 Å². The number of benzene rings is 2. The predicted octanol–water partition coefficient (Wildman–Crippen LogP) is 2.44. The van der Waals surface area contributed by atoms with E-state index in [2.05, 4.69) is 10.9 Å². The highest BCUT2D eigenvalue weighted by molar-refractivity contribution is 5.95. The van der Waals surface area contributed by atoms with E-state index in [1.165, 1.54) is 29.0 Å². The first-order chi connectivity index (χ1) is 15.0. The third-order valence-electron chi connectivity index (χ3n) is 4.65. The van der Waals surface area contributed by atoms with Crippen LogP contribution in [0.2, 0.25) is 0 Å². The van der Waals surface area contributed by atoms with Crippen LogP contribution in [0.4, 0.5) is 4.39 Å². The molecule has 0 radical (unpaired) electrons. The number of nitrogens with one attached hydrogen (secondary N) is 2. The molecule has 2 aromatic carbocycles. The van der Waals surface area contributed by atoms with Crippen LogP contribution in [0.5, 0.6) is 5.75 Å². The number of aryl methyl sites for hydroxylation is 1. The summed E-state index contributed by atoms with van der Waals surface area (Å²) < 4.78 is 19.5. The summed E-state index contributed by atoms with van der Waals surface area (Å²) in [4.78, 5) is 37.0. The number of hydrazine groups is 1. The lowest BCUT2D eigenvalue weighted by molar-refractivity contribution is -0.121. The fraction of sp³-hybridized carbons (Fsp3) is 0.174. The Morgan fingerprint density at radius 3 is 2.32 bits per heavy atom. The van der Waals surface area contributed by atoms with Crippen LogP contribution in [0.1, 0.15) is 27.9 Å². The van der Waals surface area contributed by atoms with Gasteiger partial charge in [0.05, 0.1) is 13.7 Å². The normalized spacial score (nSPS) is 10.4. The molecule has 0 aliphatic heterocycles. The monoisotopic (exact) mass is 423 g/mol. The Kier molecular flexibility index (Phi) is 7.16. The van der Waals surface area contributed by atoms with Crippen molar-refractivity contribution in [3.63, 3.8) is 0 Å². The third-order valence-corrected chi connectivity index (χ3v) is 4.65. The van der Waals surface area contributed by atoms with Crippen molar-refractivity contribution in [1.29, 1.82) is 0 Å². The molecule has 0 unspecified atom stereocenters. The molecule has 0 aliphatic carbocycles. The number of methoxy groups -OCH3 is 1. The summed E-state index contributed by atoms with van der Waals surface area (Å²) in [6, 6.07) is 16.0. The third kappa shape index (κ3) is 6.02. The van der Waals surface area contributed by atoms with Crippen LogP contribution in [-0.2, 0) is 17.8 Å². The minimum absolute atomic E-state index is 0.111. The highest BCUT2D eigenvalue weighted by atomic mass is 19.1. The highest BCUT2D eigenvalue weighted by Crippen LogP contribution is 2.12. The maximum Gasteiger partial charge on any atom is 0.275 e. The van der Waals surface area contributed by atoms with Crippen molar-refractivity contribution in [2.45, 2.75) is 19.4 Å². The van der Waals surface area contributed by atoms with Crippen molar-refractivity contribution in [2.24, 2.45) is 0 Å². The zero-order valence-corrected chi connectivity index (χ0v) is 16.9. The molecule has 8 heteroatoms. The van der Waals surface area contributed by atoms with Crippen LogP contribution >= 0.6 is 0 Å². The molecule has 3 rings (SSSR count). The van der Waals surface area contributed by atoms with E-state index >= 15 is 0 Å². The molecule has 3 aromatic rings. The average Bonchev–Trinajstić information content (AvgIpc) is 2.79. The van der Waals surface area contributed by atoms with Crippen LogP contribution < -0.4 is 21.1 Å². The second-order valence-electron chi connectivity index (χ2n) is 6.83. The minimum atomic E-state index is -0.712. The first-order valence-electron chi connectivity index (χ1n) is 9.62. The topological polar surface area (TPSA) is 89.4 Å². The quantitative estimate of drug-likeness (QED) is 0.572. The van der Waals surface area contributed by atoms with E-state index in [0.717, 1.165) is 11.3 Å². The van der Waals surface area contributed by atoms with E-state index in [1.54, 1.807) is 37.4 Å². The molecular weight excluding hydrogens is 401 g/mol. The number of halogens is 1. The molecular formula is C23H22FN3O4. The van der Waals surface area contributed by atoms with E-state index in [0.29, 0.717) is 12.0 Å². The van der Waals surface area contributed by atoms with Crippen LogP contribution in [0.3, 0.4) is 0 Å². The smallest absolute Gasteiger partial charge is 0.275 e. The molecule has 0 bridgehead atoms. The maximum atomic E-state index is 13.0. The van der Waals surface area contributed by atoms with E-state index in [-0.39, 0.29) is 30.3 Å². The largest absolute Gasteiger partial charge is 0.497 e. The molecule has 0 saturated carbocycles. The van der Waals surface area contributed by atoms with Crippen molar-refractivity contribution in [3.8, 4) is 5.75 Å². The summed E-state index contributed by atoms with van der Waals surface area (Å²) in [7, 11) is 1.58. The van der Waals surface area contributed by atoms with Crippen LogP contribution in [0, 0.1) is 5.82 Å². The molecule has 1 heterocycles. The molecule has 2 N–H and O–H groups in total. The predicted molar refractivity (Wildman–Crippen MR) is 113 cm³/mol. The number of amides is 2. The summed E-state index contributed by atoms with van der Waals surface area (Å²) in [6.07, 6.45) is 2.19. The molecule has 7 nitrogen and oxygen atoms in total. The zero-order chi connectivity index (χ0) is 22.2. The SMILES string of the molecule is COc1ccc(CCC(=O)NNC(=O)c2cccn(Cc3ccc(F)cc3)c2=O)cc1. The Hall–Kier alpha value is -3.94. The lowest BCUT2D eigenvalue weighted by Crippen LogP contribution is -2.44. The van der Waals surface area contributed by atoms with Gasteiger partial charge in [0, 0.05) is 12.6 Å². The number of pyridine rings is 1. The second-order valence-corrected chi connectivity index (χ2v) is 6.83. The van der Waals surface area contributed by atoms with Gasteiger partial charge in [-0.05, 0) is 53.9 Å². The Morgan fingerprint density at radius 1 is 0.968 bits per heavy atom. The molecule has 0 spiro atoms. The molecule has 0 atom stereocenters. The van der Waals surface area contributed by atoms with E-state index in [1.807, 2.05) is 12.1 Å². The van der Waals surface area contributed by atoms with Gasteiger partial charge in [-0.15, -0.1) is 0 Å². The number of hydrogen-bond donors (Lipinski definition) is 2. The lowest BCUT2D eigenvalue weighted by Gasteiger charge is -2.10. The van der Waals surface area contributed by atoms with Crippen LogP contribution in [0.25, 0.3) is 0 Å². The van der Waals surface area contributed by atoms with Crippen LogP contribution in [0.15, 0.2) is 71.7 Å². The van der Waals surface area contributed by atoms with Gasteiger partial charge in [-0.25, -0.2) is 4.39 Å². The fourth-order valence-corrected chi connectivity index (χ4v) is 2.93. The molecule has 0 aliphatic rings. The molecule has 1 aromatic heterocycles. The highest BCUT2D eigenvalue weighted by Gasteiger charge is 2.13. The van der Waals surface area contributed by atoms with Crippen LogP contribution in [-0.4, -0.2) is 23.5 Å². The molecule has 2 amide bonds. The van der Waals surface area contributed by atoms with Crippen molar-refractivity contribution in [2.75, 3.05) is 7.11 Å². The van der Waals surface area contributed by atoms with E-state index < -0.39 is 11.5 Å². The summed E-state index contributed by atoms with van der Waals surface area (Å²) >= 11 is 0. The van der Waals surface area contributed by atoms with Gasteiger partial charge in [-0.1, -0.05) is 24.3 Å². The Balaban J connectivity index is 1.55. The summed E-state index contributed by atoms with van der Waals surface area (Å²) in [5, 5.41) is 0. The Labute approximate surface area is 178 Å². The Morgan fingerprint density at radius 2 is 1.65 bits per heavy atom. The lowest BCUT2D eigenvalue weighted by atomic mass is 10.1. The number of aromatic nitrogens is 1. The molecule has 0 saturated heterocycles. The van der Waals surface area contributed by atoms with Gasteiger partial charge in [-0.3, -0.25) is 25.2 Å².